The molecule has 7 heteroatoms. The van der Waals surface area contributed by atoms with Gasteiger partial charge in [-0.3, -0.25) is 4.79 Å². The maximum atomic E-state index is 12.4. The van der Waals surface area contributed by atoms with E-state index in [9.17, 15) is 4.79 Å². The first kappa shape index (κ1) is 18.1. The molecule has 134 valence electrons. The lowest BCUT2D eigenvalue weighted by molar-refractivity contribution is -0.113. The Balaban J connectivity index is 1.65. The fourth-order valence-electron chi connectivity index (χ4n) is 2.58. The molecule has 0 saturated heterocycles. The number of para-hydroxylation sites is 2. The van der Waals surface area contributed by atoms with Crippen LogP contribution >= 0.6 is 11.8 Å². The molecular formula is C19H21N5OS. The summed E-state index contributed by atoms with van der Waals surface area (Å²) < 4.78 is 1.63. The van der Waals surface area contributed by atoms with Gasteiger partial charge in [0.25, 0.3) is 0 Å². The first-order valence-electron chi connectivity index (χ1n) is 8.54. The summed E-state index contributed by atoms with van der Waals surface area (Å²) in [5.41, 5.74) is 2.89. The number of carbonyl (C=O) groups is 1. The van der Waals surface area contributed by atoms with Crippen LogP contribution in [0.2, 0.25) is 0 Å². The average molecular weight is 367 g/mol. The largest absolute Gasteiger partial charge is 0.325 e. The van der Waals surface area contributed by atoms with Crippen molar-refractivity contribution in [2.24, 2.45) is 0 Å². The van der Waals surface area contributed by atoms with Crippen LogP contribution in [0.25, 0.3) is 5.69 Å². The summed E-state index contributed by atoms with van der Waals surface area (Å²) in [4.78, 5) is 12.4. The molecule has 3 rings (SSSR count). The van der Waals surface area contributed by atoms with E-state index in [0.29, 0.717) is 11.1 Å². The van der Waals surface area contributed by atoms with Crippen LogP contribution in [0.4, 0.5) is 5.69 Å². The van der Waals surface area contributed by atoms with Crippen LogP contribution in [0.1, 0.15) is 31.7 Å². The molecule has 1 atom stereocenters. The third-order valence-corrected chi connectivity index (χ3v) is 5.07. The molecule has 1 heterocycles. The number of tetrazole rings is 1. The van der Waals surface area contributed by atoms with Crippen molar-refractivity contribution >= 4 is 23.4 Å². The molecule has 0 saturated carbocycles. The maximum Gasteiger partial charge on any atom is 0.234 e. The molecule has 1 aromatic heterocycles. The zero-order chi connectivity index (χ0) is 18.4. The van der Waals surface area contributed by atoms with Crippen molar-refractivity contribution in [3.8, 4) is 5.69 Å². The van der Waals surface area contributed by atoms with Crippen molar-refractivity contribution < 1.29 is 4.79 Å². The van der Waals surface area contributed by atoms with Gasteiger partial charge in [-0.25, -0.2) is 0 Å². The molecule has 3 aromatic rings. The van der Waals surface area contributed by atoms with Gasteiger partial charge in [0, 0.05) is 5.69 Å². The second-order valence-corrected chi connectivity index (χ2v) is 6.88. The van der Waals surface area contributed by atoms with E-state index in [1.807, 2.05) is 48.5 Å². The zero-order valence-corrected chi connectivity index (χ0v) is 15.6. The highest BCUT2D eigenvalue weighted by atomic mass is 32.2. The third-order valence-electron chi connectivity index (χ3n) is 4.15. The molecule has 0 aliphatic rings. The first-order chi connectivity index (χ1) is 12.7. The Morgan fingerprint density at radius 2 is 1.88 bits per heavy atom. The van der Waals surface area contributed by atoms with E-state index in [1.54, 1.807) is 4.68 Å². The topological polar surface area (TPSA) is 72.7 Å². The van der Waals surface area contributed by atoms with Crippen molar-refractivity contribution in [3.63, 3.8) is 0 Å². The van der Waals surface area contributed by atoms with Gasteiger partial charge in [0.2, 0.25) is 11.1 Å². The number of nitrogens with zero attached hydrogens (tertiary/aromatic N) is 4. The lowest BCUT2D eigenvalue weighted by atomic mass is 9.97. The van der Waals surface area contributed by atoms with Gasteiger partial charge in [-0.15, -0.1) is 5.10 Å². The summed E-state index contributed by atoms with van der Waals surface area (Å²) in [5, 5.41) is 15.3. The van der Waals surface area contributed by atoms with E-state index in [1.165, 1.54) is 11.8 Å². The van der Waals surface area contributed by atoms with Crippen molar-refractivity contribution in [3.05, 3.63) is 60.2 Å². The van der Waals surface area contributed by atoms with Gasteiger partial charge in [0.05, 0.1) is 11.4 Å². The normalized spacial score (nSPS) is 11.9. The minimum atomic E-state index is -0.0756. The second-order valence-electron chi connectivity index (χ2n) is 5.94. The molecule has 26 heavy (non-hydrogen) atoms. The molecule has 0 aliphatic heterocycles. The number of thioether (sulfide) groups is 1. The second kappa shape index (κ2) is 8.62. The highest BCUT2D eigenvalue weighted by Gasteiger charge is 2.14. The quantitative estimate of drug-likeness (QED) is 0.641. The van der Waals surface area contributed by atoms with E-state index >= 15 is 0 Å². The number of amides is 1. The Bertz CT molecular complexity index is 865. The Labute approximate surface area is 157 Å². The number of rotatable bonds is 7. The van der Waals surface area contributed by atoms with Gasteiger partial charge in [-0.2, -0.15) is 4.68 Å². The predicted molar refractivity (Wildman–Crippen MR) is 104 cm³/mol. The first-order valence-corrected chi connectivity index (χ1v) is 9.53. The van der Waals surface area contributed by atoms with Crippen molar-refractivity contribution in [2.45, 2.75) is 31.3 Å². The van der Waals surface area contributed by atoms with Crippen LogP contribution in [-0.2, 0) is 4.79 Å². The van der Waals surface area contributed by atoms with Gasteiger partial charge in [-0.05, 0) is 46.5 Å². The number of hydrogen-bond donors (Lipinski definition) is 1. The highest BCUT2D eigenvalue weighted by molar-refractivity contribution is 7.99. The molecule has 0 fully saturated rings. The summed E-state index contributed by atoms with van der Waals surface area (Å²) in [7, 11) is 0. The van der Waals surface area contributed by atoms with Gasteiger partial charge < -0.3 is 5.32 Å². The average Bonchev–Trinajstić information content (AvgIpc) is 3.15. The Kier molecular flexibility index (Phi) is 6.01. The molecule has 1 unspecified atom stereocenters. The molecule has 0 bridgehead atoms. The molecule has 1 amide bonds. The molecule has 6 nitrogen and oxygen atoms in total. The van der Waals surface area contributed by atoms with Crippen molar-refractivity contribution in [1.82, 2.24) is 20.2 Å². The van der Waals surface area contributed by atoms with Gasteiger partial charge in [0.15, 0.2) is 0 Å². The molecule has 2 aromatic carbocycles. The number of aromatic nitrogens is 4. The van der Waals surface area contributed by atoms with Crippen LogP contribution in [0.3, 0.4) is 0 Å². The maximum absolute atomic E-state index is 12.4. The number of anilines is 1. The predicted octanol–water partition coefficient (Wildman–Crippen LogP) is 3.91. The zero-order valence-electron chi connectivity index (χ0n) is 14.8. The van der Waals surface area contributed by atoms with Crippen LogP contribution in [-0.4, -0.2) is 31.9 Å². The summed E-state index contributed by atoms with van der Waals surface area (Å²) in [6.07, 6.45) is 1.02. The lowest BCUT2D eigenvalue weighted by Gasteiger charge is -2.15. The monoisotopic (exact) mass is 367 g/mol. The third kappa shape index (κ3) is 4.29. The number of hydrogen-bond acceptors (Lipinski definition) is 5. The van der Waals surface area contributed by atoms with E-state index in [0.717, 1.165) is 23.4 Å². The van der Waals surface area contributed by atoms with Gasteiger partial charge in [0.1, 0.15) is 0 Å². The Morgan fingerprint density at radius 1 is 1.15 bits per heavy atom. The SMILES string of the molecule is CCC(C)c1ccccc1NC(=O)CSc1nnnn1-c1ccccc1. The van der Waals surface area contributed by atoms with E-state index in [-0.39, 0.29) is 11.7 Å². The van der Waals surface area contributed by atoms with Crippen molar-refractivity contribution in [1.29, 1.82) is 0 Å². The minimum Gasteiger partial charge on any atom is -0.325 e. The summed E-state index contributed by atoms with van der Waals surface area (Å²) in [6, 6.07) is 17.6. The summed E-state index contributed by atoms with van der Waals surface area (Å²) in [6.45, 7) is 4.30. The summed E-state index contributed by atoms with van der Waals surface area (Å²) in [5.74, 6) is 0.556. The molecule has 0 aliphatic carbocycles. The van der Waals surface area contributed by atoms with E-state index < -0.39 is 0 Å². The fourth-order valence-corrected chi connectivity index (χ4v) is 3.27. The minimum absolute atomic E-state index is 0.0756. The standard InChI is InChI=1S/C19H21N5OS/c1-3-14(2)16-11-7-8-12-17(16)20-18(25)13-26-19-21-22-23-24(19)15-9-5-4-6-10-15/h4-12,14H,3,13H2,1-2H3,(H,20,25). The number of nitrogens with one attached hydrogen (secondary N) is 1. The van der Waals surface area contributed by atoms with Gasteiger partial charge >= 0.3 is 0 Å². The lowest BCUT2D eigenvalue weighted by Crippen LogP contribution is -2.16. The summed E-state index contributed by atoms with van der Waals surface area (Å²) >= 11 is 1.31. The molecule has 0 radical (unpaired) electrons. The molecular weight excluding hydrogens is 346 g/mol. The van der Waals surface area contributed by atoms with E-state index in [2.05, 4.69) is 40.8 Å². The Hall–Kier alpha value is -2.67. The van der Waals surface area contributed by atoms with E-state index in [4.69, 9.17) is 0 Å². The van der Waals surface area contributed by atoms with Gasteiger partial charge in [-0.1, -0.05) is 62.0 Å². The van der Waals surface area contributed by atoms with Crippen LogP contribution < -0.4 is 5.32 Å². The number of benzene rings is 2. The molecule has 1 N–H and O–H groups in total. The highest BCUT2D eigenvalue weighted by Crippen LogP contribution is 2.27. The fraction of sp³-hybridized carbons (Fsp3) is 0.263. The smallest absolute Gasteiger partial charge is 0.234 e. The Morgan fingerprint density at radius 3 is 2.65 bits per heavy atom. The number of carbonyl (C=O) groups excluding carboxylic acids is 1. The molecule has 0 spiro atoms. The van der Waals surface area contributed by atoms with Crippen LogP contribution in [0.5, 0.6) is 0 Å². The van der Waals surface area contributed by atoms with Crippen LogP contribution in [0, 0.1) is 0 Å². The van der Waals surface area contributed by atoms with Crippen LogP contribution in [0.15, 0.2) is 59.8 Å². The van der Waals surface area contributed by atoms with Crippen molar-refractivity contribution in [2.75, 3.05) is 11.1 Å².